The van der Waals surface area contributed by atoms with E-state index in [2.05, 4.69) is 0 Å². The third kappa shape index (κ3) is 3.16. The minimum atomic E-state index is -0.622. The highest BCUT2D eigenvalue weighted by Crippen LogP contribution is 2.45. The van der Waals surface area contributed by atoms with Crippen molar-refractivity contribution in [2.24, 2.45) is 0 Å². The summed E-state index contributed by atoms with van der Waals surface area (Å²) in [5, 5.41) is 10.2. The quantitative estimate of drug-likeness (QED) is 0.839. The Labute approximate surface area is 155 Å². The molecule has 0 spiro atoms. The summed E-state index contributed by atoms with van der Waals surface area (Å²) in [6.45, 7) is 3.19. The Morgan fingerprint density at radius 2 is 1.92 bits per heavy atom. The number of methoxy groups -OCH3 is 2. The molecule has 0 unspecified atom stereocenters. The van der Waals surface area contributed by atoms with Crippen molar-refractivity contribution < 1.29 is 24.1 Å². The molecule has 1 saturated heterocycles. The fourth-order valence-corrected chi connectivity index (χ4v) is 4.37. The molecule has 2 atom stereocenters. The molecule has 1 heterocycles. The van der Waals surface area contributed by atoms with Gasteiger partial charge in [0.15, 0.2) is 11.5 Å². The first kappa shape index (κ1) is 19.0. The van der Waals surface area contributed by atoms with Gasteiger partial charge in [-0.2, -0.15) is 0 Å². The summed E-state index contributed by atoms with van der Waals surface area (Å²) in [5.74, 6) is 1.37. The topological polar surface area (TPSA) is 68.2 Å². The molecule has 0 radical (unpaired) electrons. The molecule has 1 aromatic rings. The number of hydrogen-bond donors (Lipinski definition) is 1. The zero-order valence-electron chi connectivity index (χ0n) is 15.9. The van der Waals surface area contributed by atoms with Gasteiger partial charge in [-0.3, -0.25) is 4.79 Å². The van der Waals surface area contributed by atoms with Crippen LogP contribution in [0.15, 0.2) is 18.2 Å². The molecule has 1 N–H and O–H groups in total. The molecular weight excluding hydrogens is 334 g/mol. The normalized spacial score (nSPS) is 24.5. The molecule has 6 heteroatoms. The van der Waals surface area contributed by atoms with E-state index in [0.29, 0.717) is 24.7 Å². The Hall–Kier alpha value is -1.79. The lowest BCUT2D eigenvalue weighted by Gasteiger charge is -2.38. The summed E-state index contributed by atoms with van der Waals surface area (Å²) >= 11 is 0. The van der Waals surface area contributed by atoms with Crippen LogP contribution in [0.25, 0.3) is 0 Å². The molecule has 1 aromatic carbocycles. The van der Waals surface area contributed by atoms with Crippen LogP contribution in [0.1, 0.15) is 38.2 Å². The first-order valence-electron chi connectivity index (χ1n) is 9.36. The lowest BCUT2D eigenvalue weighted by atomic mass is 9.77. The van der Waals surface area contributed by atoms with Crippen molar-refractivity contribution in [3.05, 3.63) is 23.8 Å². The van der Waals surface area contributed by atoms with Gasteiger partial charge in [-0.05, 0) is 37.5 Å². The largest absolute Gasteiger partial charge is 0.493 e. The highest BCUT2D eigenvalue weighted by molar-refractivity contribution is 5.89. The number of carbonyl (C=O) groups is 1. The van der Waals surface area contributed by atoms with Crippen molar-refractivity contribution in [1.29, 1.82) is 0 Å². The Bertz CT molecular complexity index is 641. The Balaban J connectivity index is 1.98. The average molecular weight is 363 g/mol. The summed E-state index contributed by atoms with van der Waals surface area (Å²) in [4.78, 5) is 15.5. The lowest BCUT2D eigenvalue weighted by molar-refractivity contribution is -0.141. The fraction of sp³-hybridized carbons (Fsp3) is 0.650. The van der Waals surface area contributed by atoms with Gasteiger partial charge in [0.2, 0.25) is 5.91 Å². The van der Waals surface area contributed by atoms with Crippen LogP contribution in [0.5, 0.6) is 11.5 Å². The lowest BCUT2D eigenvalue weighted by Crippen LogP contribution is -2.53. The molecular formula is C20H29NO5. The van der Waals surface area contributed by atoms with Crippen LogP contribution in [-0.4, -0.2) is 62.0 Å². The molecule has 2 aliphatic rings. The maximum Gasteiger partial charge on any atom is 0.233 e. The molecule has 3 rings (SSSR count). The molecule has 2 fully saturated rings. The van der Waals surface area contributed by atoms with E-state index >= 15 is 0 Å². The summed E-state index contributed by atoms with van der Waals surface area (Å²) in [7, 11) is 3.21. The Morgan fingerprint density at radius 1 is 1.23 bits per heavy atom. The Morgan fingerprint density at radius 3 is 2.46 bits per heavy atom. The van der Waals surface area contributed by atoms with Gasteiger partial charge in [-0.15, -0.1) is 0 Å². The molecule has 1 amide bonds. The second-order valence-electron chi connectivity index (χ2n) is 7.12. The number of aliphatic hydroxyl groups excluding tert-OH is 1. The molecule has 6 nitrogen and oxygen atoms in total. The SMILES string of the molecule is CCN(C(=O)C1(c2ccc(OC)c(OC)c2)CCCC1)[C@@H]1COC[C@H]1O. The average Bonchev–Trinajstić information content (AvgIpc) is 3.32. The summed E-state index contributed by atoms with van der Waals surface area (Å²) in [5.41, 5.74) is 0.391. The molecule has 1 aliphatic carbocycles. The zero-order valence-corrected chi connectivity index (χ0v) is 15.9. The number of benzene rings is 1. The van der Waals surface area contributed by atoms with Crippen LogP contribution in [0.3, 0.4) is 0 Å². The number of ether oxygens (including phenoxy) is 3. The maximum absolute atomic E-state index is 13.7. The van der Waals surface area contributed by atoms with Crippen LogP contribution < -0.4 is 9.47 Å². The maximum atomic E-state index is 13.7. The number of aliphatic hydroxyl groups is 1. The van der Waals surface area contributed by atoms with Gasteiger partial charge in [0, 0.05) is 6.54 Å². The third-order valence-corrected chi connectivity index (χ3v) is 5.83. The number of nitrogens with zero attached hydrogens (tertiary/aromatic N) is 1. The van der Waals surface area contributed by atoms with Crippen LogP contribution >= 0.6 is 0 Å². The van der Waals surface area contributed by atoms with Gasteiger partial charge in [0.05, 0.1) is 45.0 Å². The van der Waals surface area contributed by atoms with Crippen molar-refractivity contribution in [3.8, 4) is 11.5 Å². The predicted octanol–water partition coefficient (Wildman–Crippen LogP) is 2.12. The van der Waals surface area contributed by atoms with Crippen molar-refractivity contribution in [1.82, 2.24) is 4.90 Å². The number of rotatable bonds is 6. The summed E-state index contributed by atoms with van der Waals surface area (Å²) in [6.07, 6.45) is 3.02. The van der Waals surface area contributed by atoms with Gasteiger partial charge in [0.25, 0.3) is 0 Å². The summed E-state index contributed by atoms with van der Waals surface area (Å²) in [6, 6.07) is 5.49. The first-order valence-corrected chi connectivity index (χ1v) is 9.36. The molecule has 0 bridgehead atoms. The smallest absolute Gasteiger partial charge is 0.233 e. The Kier molecular flexibility index (Phi) is 5.73. The molecule has 26 heavy (non-hydrogen) atoms. The number of amides is 1. The van der Waals surface area contributed by atoms with Crippen molar-refractivity contribution >= 4 is 5.91 Å². The van der Waals surface area contributed by atoms with Gasteiger partial charge < -0.3 is 24.2 Å². The number of likely N-dealkylation sites (N-methyl/N-ethyl adjacent to an activating group) is 1. The van der Waals surface area contributed by atoms with Crippen LogP contribution in [-0.2, 0) is 14.9 Å². The zero-order chi connectivity index (χ0) is 18.7. The van der Waals surface area contributed by atoms with E-state index in [-0.39, 0.29) is 18.6 Å². The van der Waals surface area contributed by atoms with E-state index in [1.807, 2.05) is 25.1 Å². The third-order valence-electron chi connectivity index (χ3n) is 5.83. The highest BCUT2D eigenvalue weighted by Gasteiger charge is 2.47. The fourth-order valence-electron chi connectivity index (χ4n) is 4.37. The van der Waals surface area contributed by atoms with E-state index in [4.69, 9.17) is 14.2 Å². The van der Waals surface area contributed by atoms with Gasteiger partial charge in [-0.1, -0.05) is 18.9 Å². The molecule has 1 aliphatic heterocycles. The van der Waals surface area contributed by atoms with Gasteiger partial charge in [-0.25, -0.2) is 0 Å². The van der Waals surface area contributed by atoms with E-state index in [0.717, 1.165) is 31.2 Å². The second kappa shape index (κ2) is 7.84. The van der Waals surface area contributed by atoms with E-state index in [1.54, 1.807) is 19.1 Å². The first-order chi connectivity index (χ1) is 12.6. The van der Waals surface area contributed by atoms with Crippen LogP contribution in [0, 0.1) is 0 Å². The summed E-state index contributed by atoms with van der Waals surface area (Å²) < 4.78 is 16.2. The van der Waals surface area contributed by atoms with Crippen LogP contribution in [0.4, 0.5) is 0 Å². The van der Waals surface area contributed by atoms with Gasteiger partial charge >= 0.3 is 0 Å². The predicted molar refractivity (Wildman–Crippen MR) is 97.7 cm³/mol. The molecule has 1 saturated carbocycles. The van der Waals surface area contributed by atoms with E-state index in [9.17, 15) is 9.90 Å². The minimum absolute atomic E-state index is 0.0827. The highest BCUT2D eigenvalue weighted by atomic mass is 16.5. The van der Waals surface area contributed by atoms with E-state index in [1.165, 1.54) is 0 Å². The number of carbonyl (C=O) groups excluding carboxylic acids is 1. The monoisotopic (exact) mass is 363 g/mol. The van der Waals surface area contributed by atoms with Crippen molar-refractivity contribution in [2.45, 2.75) is 50.2 Å². The van der Waals surface area contributed by atoms with Crippen molar-refractivity contribution in [2.75, 3.05) is 34.0 Å². The van der Waals surface area contributed by atoms with Gasteiger partial charge in [0.1, 0.15) is 0 Å². The molecule has 0 aromatic heterocycles. The van der Waals surface area contributed by atoms with E-state index < -0.39 is 11.5 Å². The minimum Gasteiger partial charge on any atom is -0.493 e. The standard InChI is InChI=1S/C20H29NO5/c1-4-21(15-12-26-13-16(15)22)19(23)20(9-5-6-10-20)14-7-8-17(24-2)18(11-14)25-3/h7-8,11,15-16,22H,4-6,9-10,12-13H2,1-3H3/t15-,16-/m1/s1. The number of hydrogen-bond acceptors (Lipinski definition) is 5. The van der Waals surface area contributed by atoms with Crippen LogP contribution in [0.2, 0.25) is 0 Å². The molecule has 144 valence electrons. The second-order valence-corrected chi connectivity index (χ2v) is 7.12. The van der Waals surface area contributed by atoms with Crippen molar-refractivity contribution in [3.63, 3.8) is 0 Å².